The molecule has 2 heterocycles. The first-order valence-corrected chi connectivity index (χ1v) is 7.44. The van der Waals surface area contributed by atoms with Gasteiger partial charge in [-0.1, -0.05) is 18.5 Å². The van der Waals surface area contributed by atoms with E-state index in [9.17, 15) is 4.79 Å². The standard InChI is InChI=1S/C15H20N4O2/c1-3-4-11-7-12(21-18-11)9-16-15(20)14-8-13(10-5-6-10)17-19(14)2/h7-8,10H,3-6,9H2,1-2H3,(H,16,20). The van der Waals surface area contributed by atoms with Gasteiger partial charge >= 0.3 is 0 Å². The average molecular weight is 288 g/mol. The summed E-state index contributed by atoms with van der Waals surface area (Å²) in [6.45, 7) is 2.44. The highest BCUT2D eigenvalue weighted by molar-refractivity contribution is 5.92. The van der Waals surface area contributed by atoms with E-state index in [0.717, 1.165) is 24.2 Å². The van der Waals surface area contributed by atoms with Gasteiger partial charge < -0.3 is 9.84 Å². The highest BCUT2D eigenvalue weighted by Crippen LogP contribution is 2.39. The molecule has 0 saturated heterocycles. The highest BCUT2D eigenvalue weighted by Gasteiger charge is 2.28. The molecule has 1 aliphatic carbocycles. The van der Waals surface area contributed by atoms with E-state index >= 15 is 0 Å². The Labute approximate surface area is 123 Å². The van der Waals surface area contributed by atoms with Crippen LogP contribution in [0, 0.1) is 0 Å². The van der Waals surface area contributed by atoms with Gasteiger partial charge in [0.1, 0.15) is 5.69 Å². The summed E-state index contributed by atoms with van der Waals surface area (Å²) >= 11 is 0. The highest BCUT2D eigenvalue weighted by atomic mass is 16.5. The van der Waals surface area contributed by atoms with E-state index in [0.29, 0.717) is 23.9 Å². The lowest BCUT2D eigenvalue weighted by molar-refractivity contribution is 0.0937. The Balaban J connectivity index is 1.60. The molecule has 1 aliphatic rings. The van der Waals surface area contributed by atoms with Gasteiger partial charge in [0.25, 0.3) is 5.91 Å². The summed E-state index contributed by atoms with van der Waals surface area (Å²) in [6, 6.07) is 3.78. The van der Waals surface area contributed by atoms with Gasteiger partial charge in [0.05, 0.1) is 17.9 Å². The van der Waals surface area contributed by atoms with Gasteiger partial charge in [0.15, 0.2) is 5.76 Å². The fraction of sp³-hybridized carbons (Fsp3) is 0.533. The number of carbonyl (C=O) groups is 1. The molecule has 2 aromatic rings. The Morgan fingerprint density at radius 1 is 1.48 bits per heavy atom. The van der Waals surface area contributed by atoms with Crippen molar-refractivity contribution < 1.29 is 9.32 Å². The van der Waals surface area contributed by atoms with Crippen LogP contribution in [0.3, 0.4) is 0 Å². The predicted molar refractivity (Wildman–Crippen MR) is 76.9 cm³/mol. The van der Waals surface area contributed by atoms with Crippen molar-refractivity contribution in [2.75, 3.05) is 0 Å². The normalized spacial score (nSPS) is 14.4. The Morgan fingerprint density at radius 3 is 3.00 bits per heavy atom. The van der Waals surface area contributed by atoms with Crippen LogP contribution in [0.5, 0.6) is 0 Å². The molecule has 1 saturated carbocycles. The van der Waals surface area contributed by atoms with Crippen LogP contribution in [-0.4, -0.2) is 20.8 Å². The van der Waals surface area contributed by atoms with Crippen LogP contribution < -0.4 is 5.32 Å². The molecule has 0 aliphatic heterocycles. The Kier molecular flexibility index (Phi) is 3.77. The second-order valence-electron chi connectivity index (χ2n) is 5.57. The van der Waals surface area contributed by atoms with Gasteiger partial charge in [0.2, 0.25) is 0 Å². The average Bonchev–Trinajstić information content (AvgIpc) is 3.10. The van der Waals surface area contributed by atoms with E-state index in [1.807, 2.05) is 12.1 Å². The minimum Gasteiger partial charge on any atom is -0.359 e. The molecule has 3 rings (SSSR count). The van der Waals surface area contributed by atoms with E-state index in [1.54, 1.807) is 11.7 Å². The smallest absolute Gasteiger partial charge is 0.269 e. The summed E-state index contributed by atoms with van der Waals surface area (Å²) in [7, 11) is 1.80. The Morgan fingerprint density at radius 2 is 2.29 bits per heavy atom. The van der Waals surface area contributed by atoms with Crippen LogP contribution in [-0.2, 0) is 20.0 Å². The van der Waals surface area contributed by atoms with Gasteiger partial charge in [-0.15, -0.1) is 0 Å². The largest absolute Gasteiger partial charge is 0.359 e. The quantitative estimate of drug-likeness (QED) is 0.884. The molecule has 6 nitrogen and oxygen atoms in total. The zero-order valence-electron chi connectivity index (χ0n) is 12.4. The van der Waals surface area contributed by atoms with E-state index < -0.39 is 0 Å². The number of aromatic nitrogens is 3. The van der Waals surface area contributed by atoms with Crippen LogP contribution >= 0.6 is 0 Å². The van der Waals surface area contributed by atoms with E-state index in [4.69, 9.17) is 4.52 Å². The first-order valence-electron chi connectivity index (χ1n) is 7.44. The zero-order chi connectivity index (χ0) is 14.8. The topological polar surface area (TPSA) is 73.0 Å². The van der Waals surface area contributed by atoms with Crippen LogP contribution in [0.4, 0.5) is 0 Å². The molecule has 1 N–H and O–H groups in total. The van der Waals surface area contributed by atoms with Crippen molar-refractivity contribution in [3.63, 3.8) is 0 Å². The van der Waals surface area contributed by atoms with Gasteiger partial charge in [0, 0.05) is 19.0 Å². The van der Waals surface area contributed by atoms with E-state index in [-0.39, 0.29) is 5.91 Å². The van der Waals surface area contributed by atoms with Gasteiger partial charge in [-0.05, 0) is 25.3 Å². The lowest BCUT2D eigenvalue weighted by Crippen LogP contribution is -2.24. The summed E-state index contributed by atoms with van der Waals surface area (Å²) in [5, 5.41) is 11.2. The van der Waals surface area contributed by atoms with Crippen LogP contribution in [0.25, 0.3) is 0 Å². The van der Waals surface area contributed by atoms with Gasteiger partial charge in [-0.25, -0.2) is 0 Å². The van der Waals surface area contributed by atoms with Crippen molar-refractivity contribution in [2.24, 2.45) is 7.05 Å². The molecule has 2 aromatic heterocycles. The molecule has 0 spiro atoms. The lowest BCUT2D eigenvalue weighted by atomic mass is 10.2. The third-order valence-corrected chi connectivity index (χ3v) is 3.66. The minimum absolute atomic E-state index is 0.134. The summed E-state index contributed by atoms with van der Waals surface area (Å²) < 4.78 is 6.84. The minimum atomic E-state index is -0.134. The van der Waals surface area contributed by atoms with Gasteiger partial charge in [-0.2, -0.15) is 5.10 Å². The number of hydrogen-bond acceptors (Lipinski definition) is 4. The number of aryl methyl sites for hydroxylation is 2. The number of hydrogen-bond donors (Lipinski definition) is 1. The van der Waals surface area contributed by atoms with Crippen molar-refractivity contribution in [3.05, 3.63) is 35.0 Å². The molecular formula is C15H20N4O2. The summed E-state index contributed by atoms with van der Waals surface area (Å²) in [6.07, 6.45) is 4.27. The molecular weight excluding hydrogens is 268 g/mol. The molecule has 21 heavy (non-hydrogen) atoms. The van der Waals surface area contributed by atoms with Crippen molar-refractivity contribution in [1.29, 1.82) is 0 Å². The monoisotopic (exact) mass is 288 g/mol. The third-order valence-electron chi connectivity index (χ3n) is 3.66. The molecule has 0 atom stereocenters. The molecule has 0 radical (unpaired) electrons. The number of nitrogens with one attached hydrogen (secondary N) is 1. The first-order chi connectivity index (χ1) is 10.2. The summed E-state index contributed by atoms with van der Waals surface area (Å²) in [5.74, 6) is 1.09. The molecule has 1 fully saturated rings. The fourth-order valence-corrected chi connectivity index (χ4v) is 2.35. The number of carbonyl (C=O) groups excluding carboxylic acids is 1. The molecule has 0 bridgehead atoms. The summed E-state index contributed by atoms with van der Waals surface area (Å²) in [4.78, 5) is 12.2. The Hall–Kier alpha value is -2.11. The van der Waals surface area contributed by atoms with Crippen molar-refractivity contribution >= 4 is 5.91 Å². The van der Waals surface area contributed by atoms with Crippen LogP contribution in [0.2, 0.25) is 0 Å². The fourth-order valence-electron chi connectivity index (χ4n) is 2.35. The van der Waals surface area contributed by atoms with Crippen LogP contribution in [0.15, 0.2) is 16.7 Å². The van der Waals surface area contributed by atoms with Crippen LogP contribution in [0.1, 0.15) is 59.7 Å². The number of amides is 1. The second-order valence-corrected chi connectivity index (χ2v) is 5.57. The molecule has 6 heteroatoms. The third kappa shape index (κ3) is 3.15. The maximum Gasteiger partial charge on any atom is 0.269 e. The molecule has 0 aromatic carbocycles. The number of rotatable bonds is 6. The zero-order valence-corrected chi connectivity index (χ0v) is 12.4. The molecule has 1 amide bonds. The lowest BCUT2D eigenvalue weighted by Gasteiger charge is -2.02. The predicted octanol–water partition coefficient (Wildman–Crippen LogP) is 2.17. The maximum atomic E-state index is 12.2. The SMILES string of the molecule is CCCc1cc(CNC(=O)c2cc(C3CC3)nn2C)on1. The Bertz CT molecular complexity index is 640. The van der Waals surface area contributed by atoms with E-state index in [1.165, 1.54) is 12.8 Å². The van der Waals surface area contributed by atoms with Crippen molar-refractivity contribution in [1.82, 2.24) is 20.3 Å². The number of nitrogens with zero attached hydrogens (tertiary/aromatic N) is 3. The first kappa shape index (κ1) is 13.9. The van der Waals surface area contributed by atoms with E-state index in [2.05, 4.69) is 22.5 Å². The molecule has 112 valence electrons. The molecule has 0 unspecified atom stereocenters. The second kappa shape index (κ2) is 5.71. The van der Waals surface area contributed by atoms with Gasteiger partial charge in [-0.3, -0.25) is 9.48 Å². The maximum absolute atomic E-state index is 12.2. The van der Waals surface area contributed by atoms with Crippen molar-refractivity contribution in [3.8, 4) is 0 Å². The van der Waals surface area contributed by atoms with Crippen molar-refractivity contribution in [2.45, 2.75) is 45.1 Å². The summed E-state index contributed by atoms with van der Waals surface area (Å²) in [5.41, 5.74) is 2.54.